The molecule has 0 aliphatic carbocycles. The third-order valence-electron chi connectivity index (χ3n) is 1.39. The first-order valence-corrected chi connectivity index (χ1v) is 4.01. The standard InChI is InChI=1S/C7H6Cl2N2O2/c1-13-7(12)6-4(9)5(10)3(8)2-11-6/h2H,1H3,(H2,10,11). The second kappa shape index (κ2) is 3.81. The molecule has 0 aliphatic heterocycles. The fourth-order valence-electron chi connectivity index (χ4n) is 0.719. The Morgan fingerprint density at radius 3 is 2.77 bits per heavy atom. The molecule has 2 N–H and O–H groups in total. The Balaban J connectivity index is 3.26. The molecular weight excluding hydrogens is 215 g/mol. The zero-order valence-electron chi connectivity index (χ0n) is 6.67. The quantitative estimate of drug-likeness (QED) is 0.733. The number of aromatic nitrogens is 1. The van der Waals surface area contributed by atoms with Gasteiger partial charge in [0, 0.05) is 6.20 Å². The zero-order chi connectivity index (χ0) is 10.0. The lowest BCUT2D eigenvalue weighted by Gasteiger charge is -2.04. The average molecular weight is 221 g/mol. The lowest BCUT2D eigenvalue weighted by molar-refractivity contribution is 0.0594. The van der Waals surface area contributed by atoms with Gasteiger partial charge in [-0.2, -0.15) is 0 Å². The Morgan fingerprint density at radius 1 is 1.62 bits per heavy atom. The molecule has 0 radical (unpaired) electrons. The van der Waals surface area contributed by atoms with E-state index in [0.717, 1.165) is 0 Å². The number of halogens is 2. The lowest BCUT2D eigenvalue weighted by atomic mass is 10.3. The number of carbonyl (C=O) groups excluding carboxylic acids is 1. The average Bonchev–Trinajstić information content (AvgIpc) is 2.13. The number of hydrogen-bond acceptors (Lipinski definition) is 4. The molecule has 0 amide bonds. The summed E-state index contributed by atoms with van der Waals surface area (Å²) >= 11 is 11.3. The SMILES string of the molecule is COC(=O)c1ncc(Cl)c(N)c1Cl. The lowest BCUT2D eigenvalue weighted by Crippen LogP contribution is -2.06. The Morgan fingerprint density at radius 2 is 2.23 bits per heavy atom. The number of pyridine rings is 1. The van der Waals surface area contributed by atoms with Gasteiger partial charge in [-0.1, -0.05) is 23.2 Å². The summed E-state index contributed by atoms with van der Waals surface area (Å²) in [6, 6.07) is 0. The van der Waals surface area contributed by atoms with Gasteiger partial charge in [0.2, 0.25) is 0 Å². The second-order valence-electron chi connectivity index (χ2n) is 2.17. The molecule has 0 aliphatic rings. The smallest absolute Gasteiger partial charge is 0.358 e. The summed E-state index contributed by atoms with van der Waals surface area (Å²) in [6.07, 6.45) is 1.25. The van der Waals surface area contributed by atoms with Crippen LogP contribution in [0.25, 0.3) is 0 Å². The van der Waals surface area contributed by atoms with Crippen LogP contribution in [0.3, 0.4) is 0 Å². The first-order valence-electron chi connectivity index (χ1n) is 3.25. The van der Waals surface area contributed by atoms with Gasteiger partial charge in [0.25, 0.3) is 0 Å². The van der Waals surface area contributed by atoms with Crippen molar-refractivity contribution in [1.29, 1.82) is 0 Å². The highest BCUT2D eigenvalue weighted by Gasteiger charge is 2.16. The summed E-state index contributed by atoms with van der Waals surface area (Å²) in [4.78, 5) is 14.7. The summed E-state index contributed by atoms with van der Waals surface area (Å²) in [5, 5.41) is 0.219. The number of esters is 1. The first kappa shape index (κ1) is 10.1. The fraction of sp³-hybridized carbons (Fsp3) is 0.143. The molecule has 0 atom stereocenters. The molecule has 0 fully saturated rings. The van der Waals surface area contributed by atoms with E-state index in [1.165, 1.54) is 13.3 Å². The Kier molecular flexibility index (Phi) is 2.95. The highest BCUT2D eigenvalue weighted by molar-refractivity contribution is 6.40. The summed E-state index contributed by atoms with van der Waals surface area (Å²) in [7, 11) is 1.23. The van der Waals surface area contributed by atoms with Crippen molar-refractivity contribution in [2.24, 2.45) is 0 Å². The van der Waals surface area contributed by atoms with Gasteiger partial charge in [-0.25, -0.2) is 9.78 Å². The number of carbonyl (C=O) groups is 1. The fourth-order valence-corrected chi connectivity index (χ4v) is 1.14. The van der Waals surface area contributed by atoms with Crippen molar-refractivity contribution in [3.05, 3.63) is 21.9 Å². The number of hydrogen-bond donors (Lipinski definition) is 1. The summed E-state index contributed by atoms with van der Waals surface area (Å²) in [5.41, 5.74) is 5.55. The van der Waals surface area contributed by atoms with Gasteiger partial charge < -0.3 is 10.5 Å². The number of nitrogens with two attached hydrogens (primary N) is 1. The van der Waals surface area contributed by atoms with Gasteiger partial charge in [0.15, 0.2) is 5.69 Å². The third-order valence-corrected chi connectivity index (χ3v) is 2.07. The van der Waals surface area contributed by atoms with Gasteiger partial charge in [-0.3, -0.25) is 0 Å². The number of nitrogen functional groups attached to an aromatic ring is 1. The van der Waals surface area contributed by atoms with Crippen molar-refractivity contribution < 1.29 is 9.53 Å². The highest BCUT2D eigenvalue weighted by Crippen LogP contribution is 2.28. The maximum absolute atomic E-state index is 11.0. The van der Waals surface area contributed by atoms with Crippen molar-refractivity contribution in [2.45, 2.75) is 0 Å². The van der Waals surface area contributed by atoms with Gasteiger partial charge in [0.1, 0.15) is 0 Å². The van der Waals surface area contributed by atoms with E-state index in [2.05, 4.69) is 9.72 Å². The Hall–Kier alpha value is -1.00. The van der Waals surface area contributed by atoms with Gasteiger partial charge >= 0.3 is 5.97 Å². The van der Waals surface area contributed by atoms with E-state index in [-0.39, 0.29) is 21.4 Å². The van der Waals surface area contributed by atoms with Gasteiger partial charge in [-0.15, -0.1) is 0 Å². The number of ether oxygens (including phenoxy) is 1. The molecule has 70 valence electrons. The molecule has 0 unspecified atom stereocenters. The van der Waals surface area contributed by atoms with Crippen LogP contribution in [0, 0.1) is 0 Å². The van der Waals surface area contributed by atoms with E-state index >= 15 is 0 Å². The first-order chi connectivity index (χ1) is 6.07. The molecule has 0 saturated heterocycles. The van der Waals surface area contributed by atoms with Crippen LogP contribution in [0.1, 0.15) is 10.5 Å². The summed E-state index contributed by atoms with van der Waals surface area (Å²) < 4.78 is 4.43. The molecule has 0 aromatic carbocycles. The number of nitrogens with zero attached hydrogens (tertiary/aromatic N) is 1. The maximum Gasteiger partial charge on any atom is 0.358 e. The molecule has 0 spiro atoms. The molecule has 1 aromatic heterocycles. The molecular formula is C7H6Cl2N2O2. The van der Waals surface area contributed by atoms with E-state index in [1.54, 1.807) is 0 Å². The Bertz CT molecular complexity index is 355. The monoisotopic (exact) mass is 220 g/mol. The van der Waals surface area contributed by atoms with Crippen LogP contribution in [0.15, 0.2) is 6.20 Å². The van der Waals surface area contributed by atoms with Crippen LogP contribution in [-0.2, 0) is 4.74 Å². The van der Waals surface area contributed by atoms with E-state index in [4.69, 9.17) is 28.9 Å². The summed E-state index contributed by atoms with van der Waals surface area (Å²) in [6.45, 7) is 0. The van der Waals surface area contributed by atoms with Crippen molar-refractivity contribution in [1.82, 2.24) is 4.98 Å². The largest absolute Gasteiger partial charge is 0.464 e. The highest BCUT2D eigenvalue weighted by atomic mass is 35.5. The van der Waals surface area contributed by atoms with E-state index in [9.17, 15) is 4.79 Å². The number of methoxy groups -OCH3 is 1. The molecule has 0 saturated carbocycles. The van der Waals surface area contributed by atoms with Crippen LogP contribution < -0.4 is 5.73 Å². The van der Waals surface area contributed by atoms with Crippen LogP contribution in [0.4, 0.5) is 5.69 Å². The van der Waals surface area contributed by atoms with Crippen LogP contribution in [0.5, 0.6) is 0 Å². The van der Waals surface area contributed by atoms with E-state index in [0.29, 0.717) is 0 Å². The van der Waals surface area contributed by atoms with Gasteiger partial charge in [-0.05, 0) is 0 Å². The second-order valence-corrected chi connectivity index (χ2v) is 2.96. The van der Waals surface area contributed by atoms with Gasteiger partial charge in [0.05, 0.1) is 22.8 Å². The Labute approximate surface area is 84.6 Å². The molecule has 1 heterocycles. The minimum absolute atomic E-state index is 0.0133. The van der Waals surface area contributed by atoms with E-state index < -0.39 is 5.97 Å². The zero-order valence-corrected chi connectivity index (χ0v) is 8.19. The molecule has 4 nitrogen and oxygen atoms in total. The maximum atomic E-state index is 11.0. The number of anilines is 1. The molecule has 0 bridgehead atoms. The van der Waals surface area contributed by atoms with Crippen LogP contribution >= 0.6 is 23.2 Å². The minimum atomic E-state index is -0.645. The summed E-state index contributed by atoms with van der Waals surface area (Å²) in [5.74, 6) is -0.645. The molecule has 13 heavy (non-hydrogen) atoms. The third kappa shape index (κ3) is 1.84. The van der Waals surface area contributed by atoms with Crippen LogP contribution in [-0.4, -0.2) is 18.1 Å². The topological polar surface area (TPSA) is 65.2 Å². The molecule has 6 heteroatoms. The molecule has 1 aromatic rings. The molecule has 1 rings (SSSR count). The normalized spacial score (nSPS) is 9.77. The predicted molar refractivity (Wildman–Crippen MR) is 50.0 cm³/mol. The minimum Gasteiger partial charge on any atom is -0.464 e. The van der Waals surface area contributed by atoms with Crippen molar-refractivity contribution in [3.8, 4) is 0 Å². The van der Waals surface area contributed by atoms with Crippen molar-refractivity contribution in [3.63, 3.8) is 0 Å². The van der Waals surface area contributed by atoms with E-state index in [1.807, 2.05) is 0 Å². The predicted octanol–water partition coefficient (Wildman–Crippen LogP) is 1.76. The number of rotatable bonds is 1. The van der Waals surface area contributed by atoms with Crippen molar-refractivity contribution in [2.75, 3.05) is 12.8 Å². The van der Waals surface area contributed by atoms with Crippen molar-refractivity contribution >= 4 is 34.9 Å². The van der Waals surface area contributed by atoms with Crippen LogP contribution in [0.2, 0.25) is 10.0 Å².